The number of hydrogen-bond donors (Lipinski definition) is 0. The first-order valence-electron chi connectivity index (χ1n) is 4.30. The summed E-state index contributed by atoms with van der Waals surface area (Å²) in [6, 6.07) is 0. The van der Waals surface area contributed by atoms with Crippen molar-refractivity contribution in [3.05, 3.63) is 12.3 Å². The van der Waals surface area contributed by atoms with E-state index < -0.39 is 24.3 Å². The van der Waals surface area contributed by atoms with Crippen LogP contribution >= 0.6 is 0 Å². The molecule has 0 aromatic heterocycles. The second-order valence-electron chi connectivity index (χ2n) is 3.26. The van der Waals surface area contributed by atoms with Crippen molar-refractivity contribution in [2.24, 2.45) is 0 Å². The van der Waals surface area contributed by atoms with Crippen molar-refractivity contribution in [2.75, 3.05) is 14.2 Å². The molecule has 0 aliphatic carbocycles. The number of esters is 1. The molecule has 0 N–H and O–H groups in total. The van der Waals surface area contributed by atoms with Crippen molar-refractivity contribution in [2.45, 2.75) is 24.4 Å². The second-order valence-corrected chi connectivity index (χ2v) is 3.26. The van der Waals surface area contributed by atoms with Crippen LogP contribution in [0.3, 0.4) is 0 Å². The lowest BCUT2D eigenvalue weighted by molar-refractivity contribution is -0.152. The Hall–Kier alpha value is -1.07. The summed E-state index contributed by atoms with van der Waals surface area (Å²) in [5.41, 5.74) is 0. The maximum atomic E-state index is 11.3. The van der Waals surface area contributed by atoms with Crippen LogP contribution in [0.5, 0.6) is 0 Å². The molecular formula is C9H12O5. The highest BCUT2D eigenvalue weighted by Crippen LogP contribution is 2.35. The van der Waals surface area contributed by atoms with E-state index in [-0.39, 0.29) is 6.10 Å². The largest absolute Gasteiger partial charge is 0.485 e. The van der Waals surface area contributed by atoms with E-state index in [0.717, 1.165) is 0 Å². The normalized spacial score (nSPS) is 40.7. The van der Waals surface area contributed by atoms with Gasteiger partial charge < -0.3 is 18.9 Å². The first-order valence-corrected chi connectivity index (χ1v) is 4.30. The van der Waals surface area contributed by atoms with Crippen molar-refractivity contribution in [3.63, 3.8) is 0 Å². The maximum absolute atomic E-state index is 11.3. The molecule has 2 fully saturated rings. The third-order valence-corrected chi connectivity index (χ3v) is 2.52. The van der Waals surface area contributed by atoms with Gasteiger partial charge in [-0.15, -0.1) is 0 Å². The zero-order valence-corrected chi connectivity index (χ0v) is 8.06. The monoisotopic (exact) mass is 200 g/mol. The van der Waals surface area contributed by atoms with Crippen molar-refractivity contribution in [3.8, 4) is 0 Å². The molecule has 2 saturated heterocycles. The number of carbonyl (C=O) groups excluding carboxylic acids is 1. The van der Waals surface area contributed by atoms with Crippen LogP contribution in [0.4, 0.5) is 0 Å². The summed E-state index contributed by atoms with van der Waals surface area (Å²) in [5.74, 6) is 0.0779. The third-order valence-electron chi connectivity index (χ3n) is 2.52. The molecule has 78 valence electrons. The van der Waals surface area contributed by atoms with Crippen LogP contribution in [-0.2, 0) is 23.7 Å². The lowest BCUT2D eigenvalue weighted by Crippen LogP contribution is -2.33. The molecule has 0 spiro atoms. The summed E-state index contributed by atoms with van der Waals surface area (Å²) in [4.78, 5) is 11.3. The van der Waals surface area contributed by atoms with Gasteiger partial charge in [-0.2, -0.15) is 0 Å². The number of ether oxygens (including phenoxy) is 4. The van der Waals surface area contributed by atoms with E-state index in [1.807, 2.05) is 0 Å². The summed E-state index contributed by atoms with van der Waals surface area (Å²) in [6.07, 6.45) is -1.91. The summed E-state index contributed by atoms with van der Waals surface area (Å²) in [7, 11) is 2.97. The molecule has 0 radical (unpaired) electrons. The Morgan fingerprint density at radius 3 is 2.29 bits per heavy atom. The Labute approximate surface area is 81.6 Å². The Balaban J connectivity index is 2.20. The molecule has 2 heterocycles. The Bertz CT molecular complexity index is 246. The topological polar surface area (TPSA) is 54.0 Å². The fourth-order valence-corrected chi connectivity index (χ4v) is 1.86. The molecule has 2 aliphatic rings. The van der Waals surface area contributed by atoms with Gasteiger partial charge >= 0.3 is 5.97 Å². The minimum absolute atomic E-state index is 0.385. The van der Waals surface area contributed by atoms with E-state index in [1.54, 1.807) is 0 Å². The average molecular weight is 200 g/mol. The molecule has 0 bridgehead atoms. The van der Waals surface area contributed by atoms with Gasteiger partial charge in [0.2, 0.25) is 0 Å². The summed E-state index contributed by atoms with van der Waals surface area (Å²) < 4.78 is 20.6. The van der Waals surface area contributed by atoms with Crippen molar-refractivity contribution in [1.29, 1.82) is 0 Å². The number of fused-ring (bicyclic) bond motifs is 1. The van der Waals surface area contributed by atoms with Crippen LogP contribution in [0.15, 0.2) is 12.3 Å². The lowest BCUT2D eigenvalue weighted by Gasteiger charge is -2.12. The molecule has 0 saturated carbocycles. The minimum Gasteiger partial charge on any atom is -0.485 e. The van der Waals surface area contributed by atoms with Gasteiger partial charge in [0.05, 0.1) is 0 Å². The van der Waals surface area contributed by atoms with E-state index in [0.29, 0.717) is 5.76 Å². The van der Waals surface area contributed by atoms with Gasteiger partial charge in [-0.3, -0.25) is 0 Å². The molecular weight excluding hydrogens is 188 g/mol. The third kappa shape index (κ3) is 1.13. The summed E-state index contributed by atoms with van der Waals surface area (Å²) >= 11 is 0. The quantitative estimate of drug-likeness (QED) is 0.580. The minimum atomic E-state index is -0.670. The van der Waals surface area contributed by atoms with Gasteiger partial charge in [-0.05, 0) is 0 Å². The van der Waals surface area contributed by atoms with Gasteiger partial charge in [-0.25, -0.2) is 4.79 Å². The maximum Gasteiger partial charge on any atom is 0.339 e. The second kappa shape index (κ2) is 3.25. The summed E-state index contributed by atoms with van der Waals surface area (Å²) in [6.45, 7) is 3.69. The van der Waals surface area contributed by atoms with Crippen LogP contribution in [0.25, 0.3) is 0 Å². The van der Waals surface area contributed by atoms with E-state index in [1.165, 1.54) is 14.2 Å². The van der Waals surface area contributed by atoms with Gasteiger partial charge in [-0.1, -0.05) is 6.58 Å². The summed E-state index contributed by atoms with van der Waals surface area (Å²) in [5, 5.41) is 0. The zero-order chi connectivity index (χ0) is 10.3. The van der Waals surface area contributed by atoms with Crippen LogP contribution in [0, 0.1) is 0 Å². The number of rotatable bonds is 2. The van der Waals surface area contributed by atoms with Crippen LogP contribution < -0.4 is 0 Å². The molecule has 5 nitrogen and oxygen atoms in total. The molecule has 2 aliphatic heterocycles. The average Bonchev–Trinajstić information content (AvgIpc) is 2.58. The molecule has 4 atom stereocenters. The molecule has 0 unspecified atom stereocenters. The van der Waals surface area contributed by atoms with Gasteiger partial charge in [0, 0.05) is 14.2 Å². The lowest BCUT2D eigenvalue weighted by atomic mass is 10.1. The van der Waals surface area contributed by atoms with E-state index >= 15 is 0 Å². The molecule has 0 amide bonds. The van der Waals surface area contributed by atoms with Crippen molar-refractivity contribution in [1.82, 2.24) is 0 Å². The highest BCUT2D eigenvalue weighted by Gasteiger charge is 2.56. The van der Waals surface area contributed by atoms with Crippen LogP contribution in [0.2, 0.25) is 0 Å². The standard InChI is InChI=1S/C9H12O5/c1-4-5(11-2)6-7(13-4)8(12-3)9(10)14-6/h5-8H,1H2,2-3H3/t5-,6-,7+,8+/m0/s1. The Kier molecular flexibility index (Phi) is 2.20. The van der Waals surface area contributed by atoms with Crippen LogP contribution in [-0.4, -0.2) is 44.6 Å². The van der Waals surface area contributed by atoms with Gasteiger partial charge in [0.25, 0.3) is 0 Å². The predicted octanol–water partition coefficient (Wildman–Crippen LogP) is -0.146. The number of hydrogen-bond acceptors (Lipinski definition) is 5. The fourth-order valence-electron chi connectivity index (χ4n) is 1.86. The van der Waals surface area contributed by atoms with E-state index in [2.05, 4.69) is 6.58 Å². The van der Waals surface area contributed by atoms with E-state index in [4.69, 9.17) is 18.9 Å². The van der Waals surface area contributed by atoms with Crippen LogP contribution in [0.1, 0.15) is 0 Å². The SMILES string of the molecule is C=C1O[C@@H]2[C@@H](OC(=O)[C@@H]2OC)[C@H]1OC. The molecule has 0 aromatic carbocycles. The van der Waals surface area contributed by atoms with Crippen molar-refractivity contribution < 1.29 is 23.7 Å². The van der Waals surface area contributed by atoms with E-state index in [9.17, 15) is 4.79 Å². The molecule has 0 aromatic rings. The highest BCUT2D eigenvalue weighted by molar-refractivity contribution is 5.78. The zero-order valence-electron chi connectivity index (χ0n) is 8.06. The van der Waals surface area contributed by atoms with Crippen molar-refractivity contribution >= 4 is 5.97 Å². The molecule has 14 heavy (non-hydrogen) atoms. The Morgan fingerprint density at radius 2 is 1.71 bits per heavy atom. The Morgan fingerprint density at radius 1 is 1.14 bits per heavy atom. The number of carbonyl (C=O) groups is 1. The number of methoxy groups -OCH3 is 2. The highest BCUT2D eigenvalue weighted by atomic mass is 16.7. The fraction of sp³-hybridized carbons (Fsp3) is 0.667. The molecule has 2 rings (SSSR count). The predicted molar refractivity (Wildman–Crippen MR) is 45.5 cm³/mol. The smallest absolute Gasteiger partial charge is 0.339 e. The first-order chi connectivity index (χ1) is 6.69. The van der Waals surface area contributed by atoms with Gasteiger partial charge in [0.1, 0.15) is 5.76 Å². The van der Waals surface area contributed by atoms with Gasteiger partial charge in [0.15, 0.2) is 24.4 Å². The molecule has 5 heteroatoms. The first kappa shape index (κ1) is 9.48.